The number of nitrogens with two attached hydrogens (primary N) is 1. The van der Waals surface area contributed by atoms with Crippen molar-refractivity contribution in [1.29, 1.82) is 0 Å². The molecule has 0 saturated heterocycles. The molecule has 3 N–H and O–H groups in total. The number of carbonyl (C=O) groups is 1. The number of nitrogens with zero attached hydrogens (tertiary/aromatic N) is 1. The number of rotatable bonds is 7. The Morgan fingerprint density at radius 3 is 2.47 bits per heavy atom. The Morgan fingerprint density at radius 1 is 1.29 bits per heavy atom. The maximum Gasteiger partial charge on any atom is 0.269 e. The Morgan fingerprint density at radius 2 is 1.94 bits per heavy atom. The number of nitrogens with one attached hydrogen (secondary N) is 1. The molecule has 6 heteroatoms. The second-order valence-electron chi connectivity index (χ2n) is 3.64. The second-order valence-corrected chi connectivity index (χ2v) is 3.64. The van der Waals surface area contributed by atoms with Crippen molar-refractivity contribution >= 4 is 11.6 Å². The highest BCUT2D eigenvalue weighted by molar-refractivity contribution is 5.73. The molecule has 1 aromatic carbocycles. The van der Waals surface area contributed by atoms with Gasteiger partial charge in [-0.25, -0.2) is 0 Å². The summed E-state index contributed by atoms with van der Waals surface area (Å²) >= 11 is 0. The first-order valence-electron chi connectivity index (χ1n) is 5.32. The maximum atomic E-state index is 10.5. The van der Waals surface area contributed by atoms with Crippen LogP contribution in [0.5, 0.6) is 0 Å². The SMILES string of the molecule is NC(=O)CCNCCc1ccc([N+](=O)[O-])cc1. The summed E-state index contributed by atoms with van der Waals surface area (Å²) in [5.41, 5.74) is 6.10. The molecular formula is C11H15N3O3. The molecule has 0 aromatic heterocycles. The Balaban J connectivity index is 2.27. The summed E-state index contributed by atoms with van der Waals surface area (Å²) in [5.74, 6) is -0.326. The number of primary amides is 1. The van der Waals surface area contributed by atoms with Gasteiger partial charge in [0.2, 0.25) is 5.91 Å². The lowest BCUT2D eigenvalue weighted by atomic mass is 10.1. The molecular weight excluding hydrogens is 222 g/mol. The number of hydrogen-bond donors (Lipinski definition) is 2. The molecule has 0 fully saturated rings. The van der Waals surface area contributed by atoms with Gasteiger partial charge >= 0.3 is 0 Å². The van der Waals surface area contributed by atoms with Gasteiger partial charge in [-0.05, 0) is 18.5 Å². The van der Waals surface area contributed by atoms with Gasteiger partial charge in [-0.3, -0.25) is 14.9 Å². The van der Waals surface area contributed by atoms with Crippen LogP contribution in [0.15, 0.2) is 24.3 Å². The third-order valence-electron chi connectivity index (χ3n) is 2.29. The molecule has 6 nitrogen and oxygen atoms in total. The first-order chi connectivity index (χ1) is 8.09. The zero-order valence-corrected chi connectivity index (χ0v) is 9.39. The van der Waals surface area contributed by atoms with Crippen molar-refractivity contribution in [1.82, 2.24) is 5.32 Å². The van der Waals surface area contributed by atoms with Crippen LogP contribution in [0, 0.1) is 10.1 Å². The van der Waals surface area contributed by atoms with Crippen molar-refractivity contribution < 1.29 is 9.72 Å². The highest BCUT2D eigenvalue weighted by atomic mass is 16.6. The number of non-ortho nitro benzene ring substituents is 1. The second kappa shape index (κ2) is 6.59. The Hall–Kier alpha value is -1.95. The summed E-state index contributed by atoms with van der Waals surface area (Å²) < 4.78 is 0. The molecule has 0 atom stereocenters. The highest BCUT2D eigenvalue weighted by Gasteiger charge is 2.03. The summed E-state index contributed by atoms with van der Waals surface area (Å²) in [7, 11) is 0. The third kappa shape index (κ3) is 5.07. The quantitative estimate of drug-likeness (QED) is 0.412. The summed E-state index contributed by atoms with van der Waals surface area (Å²) in [6.45, 7) is 1.27. The van der Waals surface area contributed by atoms with Crippen molar-refractivity contribution in [3.8, 4) is 0 Å². The molecule has 0 aliphatic rings. The van der Waals surface area contributed by atoms with Gasteiger partial charge in [-0.15, -0.1) is 0 Å². The van der Waals surface area contributed by atoms with Crippen LogP contribution in [0.1, 0.15) is 12.0 Å². The molecule has 0 spiro atoms. The Labute approximate surface area is 99.0 Å². The normalized spacial score (nSPS) is 10.1. The summed E-state index contributed by atoms with van der Waals surface area (Å²) in [6, 6.07) is 6.43. The minimum atomic E-state index is -0.422. The summed E-state index contributed by atoms with van der Waals surface area (Å²) in [4.78, 5) is 20.5. The summed E-state index contributed by atoms with van der Waals surface area (Å²) in [6.07, 6.45) is 1.08. The van der Waals surface area contributed by atoms with Crippen LogP contribution in [-0.4, -0.2) is 23.9 Å². The van der Waals surface area contributed by atoms with E-state index >= 15 is 0 Å². The average molecular weight is 237 g/mol. The first-order valence-corrected chi connectivity index (χ1v) is 5.32. The van der Waals surface area contributed by atoms with Gasteiger partial charge in [-0.2, -0.15) is 0 Å². The van der Waals surface area contributed by atoms with Crippen LogP contribution in [0.2, 0.25) is 0 Å². The lowest BCUT2D eigenvalue weighted by molar-refractivity contribution is -0.384. The van der Waals surface area contributed by atoms with Gasteiger partial charge < -0.3 is 11.1 Å². The van der Waals surface area contributed by atoms with Crippen LogP contribution >= 0.6 is 0 Å². The van der Waals surface area contributed by atoms with E-state index in [1.807, 2.05) is 0 Å². The van der Waals surface area contributed by atoms with Crippen molar-refractivity contribution in [3.05, 3.63) is 39.9 Å². The average Bonchev–Trinajstić information content (AvgIpc) is 2.29. The minimum absolute atomic E-state index is 0.0930. The van der Waals surface area contributed by atoms with Crippen molar-refractivity contribution in [3.63, 3.8) is 0 Å². The Kier molecular flexibility index (Phi) is 5.09. The number of hydrogen-bond acceptors (Lipinski definition) is 4. The number of nitro groups is 1. The van der Waals surface area contributed by atoms with Gasteiger partial charge in [-0.1, -0.05) is 12.1 Å². The van der Waals surface area contributed by atoms with Gasteiger partial charge in [0.25, 0.3) is 5.69 Å². The molecule has 0 heterocycles. The van der Waals surface area contributed by atoms with E-state index in [-0.39, 0.29) is 11.6 Å². The lowest BCUT2D eigenvalue weighted by Crippen LogP contribution is -2.23. The fraction of sp³-hybridized carbons (Fsp3) is 0.364. The van der Waals surface area contributed by atoms with E-state index in [0.29, 0.717) is 19.5 Å². The fourth-order valence-electron chi connectivity index (χ4n) is 1.35. The topological polar surface area (TPSA) is 98.3 Å². The zero-order valence-electron chi connectivity index (χ0n) is 9.39. The third-order valence-corrected chi connectivity index (χ3v) is 2.29. The predicted octanol–water partition coefficient (Wildman–Crippen LogP) is 0.602. The molecule has 92 valence electrons. The van der Waals surface area contributed by atoms with E-state index in [9.17, 15) is 14.9 Å². The number of amides is 1. The van der Waals surface area contributed by atoms with Gasteiger partial charge in [0, 0.05) is 25.1 Å². The monoisotopic (exact) mass is 237 g/mol. The molecule has 1 amide bonds. The molecule has 0 aliphatic heterocycles. The number of benzene rings is 1. The molecule has 0 bridgehead atoms. The molecule has 0 radical (unpaired) electrons. The molecule has 0 saturated carbocycles. The zero-order chi connectivity index (χ0) is 12.7. The summed E-state index contributed by atoms with van der Waals surface area (Å²) in [5, 5.41) is 13.5. The molecule has 1 aromatic rings. The van der Waals surface area contributed by atoms with E-state index < -0.39 is 4.92 Å². The predicted molar refractivity (Wildman–Crippen MR) is 63.5 cm³/mol. The molecule has 17 heavy (non-hydrogen) atoms. The Bertz CT molecular complexity index is 389. The molecule has 0 aliphatic carbocycles. The van der Waals surface area contributed by atoms with E-state index in [1.54, 1.807) is 12.1 Å². The van der Waals surface area contributed by atoms with Crippen molar-refractivity contribution in [2.24, 2.45) is 5.73 Å². The van der Waals surface area contributed by atoms with Crippen LogP contribution in [-0.2, 0) is 11.2 Å². The van der Waals surface area contributed by atoms with Gasteiger partial charge in [0.05, 0.1) is 4.92 Å². The fourth-order valence-corrected chi connectivity index (χ4v) is 1.35. The van der Waals surface area contributed by atoms with Crippen LogP contribution in [0.4, 0.5) is 5.69 Å². The smallest absolute Gasteiger partial charge is 0.269 e. The first kappa shape index (κ1) is 13.1. The van der Waals surface area contributed by atoms with Crippen molar-refractivity contribution in [2.45, 2.75) is 12.8 Å². The molecule has 1 rings (SSSR count). The standard InChI is InChI=1S/C11H15N3O3/c12-11(15)6-8-13-7-5-9-1-3-10(4-2-9)14(16)17/h1-4,13H,5-8H2,(H2,12,15). The number of nitro benzene ring substituents is 1. The van der Waals surface area contributed by atoms with Crippen LogP contribution in [0.3, 0.4) is 0 Å². The van der Waals surface area contributed by atoms with E-state index in [4.69, 9.17) is 5.73 Å². The van der Waals surface area contributed by atoms with Crippen LogP contribution < -0.4 is 11.1 Å². The van der Waals surface area contributed by atoms with E-state index in [2.05, 4.69) is 5.32 Å². The molecule has 0 unspecified atom stereocenters. The highest BCUT2D eigenvalue weighted by Crippen LogP contribution is 2.11. The van der Waals surface area contributed by atoms with Crippen LogP contribution in [0.25, 0.3) is 0 Å². The number of carbonyl (C=O) groups excluding carboxylic acids is 1. The van der Waals surface area contributed by atoms with Gasteiger partial charge in [0.1, 0.15) is 0 Å². The van der Waals surface area contributed by atoms with Crippen molar-refractivity contribution in [2.75, 3.05) is 13.1 Å². The minimum Gasteiger partial charge on any atom is -0.370 e. The lowest BCUT2D eigenvalue weighted by Gasteiger charge is -2.03. The maximum absolute atomic E-state index is 10.5. The largest absolute Gasteiger partial charge is 0.370 e. The van der Waals surface area contributed by atoms with E-state index in [1.165, 1.54) is 12.1 Å². The van der Waals surface area contributed by atoms with E-state index in [0.717, 1.165) is 12.0 Å². The van der Waals surface area contributed by atoms with Gasteiger partial charge in [0.15, 0.2) is 0 Å².